The maximum atomic E-state index is 12.2. The van der Waals surface area contributed by atoms with Gasteiger partial charge in [0.25, 0.3) is 0 Å². The van der Waals surface area contributed by atoms with Crippen molar-refractivity contribution in [3.05, 3.63) is 18.9 Å². The van der Waals surface area contributed by atoms with Gasteiger partial charge in [-0.2, -0.15) is 8.78 Å². The normalized spacial score (nSPS) is 11.2. The molecule has 0 aromatic carbocycles. The molecule has 0 aliphatic carbocycles. The summed E-state index contributed by atoms with van der Waals surface area (Å²) in [6.07, 6.45) is 3.65. The van der Waals surface area contributed by atoms with Gasteiger partial charge in [-0.05, 0) is 0 Å². The van der Waals surface area contributed by atoms with Crippen molar-refractivity contribution in [2.45, 2.75) is 6.55 Å². The molecule has 2 aromatic rings. The van der Waals surface area contributed by atoms with Gasteiger partial charge in [-0.3, -0.25) is 4.57 Å². The van der Waals surface area contributed by atoms with E-state index in [9.17, 15) is 8.78 Å². The van der Waals surface area contributed by atoms with E-state index in [4.69, 9.17) is 0 Å². The first-order valence-corrected chi connectivity index (χ1v) is 3.20. The monoisotopic (exact) mass is 170 g/mol. The maximum Gasteiger partial charge on any atom is 0.321 e. The third-order valence-electron chi connectivity index (χ3n) is 1.45. The van der Waals surface area contributed by atoms with Crippen LogP contribution in [0, 0.1) is 0 Å². The minimum Gasteiger partial charge on any atom is -0.257 e. The molecule has 0 aliphatic rings. The van der Waals surface area contributed by atoms with Crippen molar-refractivity contribution >= 4 is 11.2 Å². The van der Waals surface area contributed by atoms with E-state index in [0.717, 1.165) is 6.33 Å². The zero-order valence-electron chi connectivity index (χ0n) is 5.85. The van der Waals surface area contributed by atoms with Crippen molar-refractivity contribution in [2.24, 2.45) is 0 Å². The largest absolute Gasteiger partial charge is 0.321 e. The molecule has 0 radical (unpaired) electrons. The lowest BCUT2D eigenvalue weighted by Crippen LogP contribution is -1.96. The van der Waals surface area contributed by atoms with Gasteiger partial charge in [0.05, 0.1) is 6.20 Å². The minimum atomic E-state index is -2.61. The van der Waals surface area contributed by atoms with Crippen molar-refractivity contribution in [3.8, 4) is 0 Å². The third kappa shape index (κ3) is 0.919. The van der Waals surface area contributed by atoms with Crippen LogP contribution in [0.15, 0.2) is 18.9 Å². The highest BCUT2D eigenvalue weighted by Gasteiger charge is 2.10. The number of hydrogen-bond acceptors (Lipinski definition) is 3. The van der Waals surface area contributed by atoms with E-state index in [-0.39, 0.29) is 5.65 Å². The highest BCUT2D eigenvalue weighted by molar-refractivity contribution is 5.68. The van der Waals surface area contributed by atoms with E-state index in [0.29, 0.717) is 10.1 Å². The molecule has 4 nitrogen and oxygen atoms in total. The Labute approximate surface area is 65.9 Å². The van der Waals surface area contributed by atoms with E-state index in [2.05, 4.69) is 15.0 Å². The van der Waals surface area contributed by atoms with Gasteiger partial charge in [-0.15, -0.1) is 0 Å². The summed E-state index contributed by atoms with van der Waals surface area (Å²) in [6.45, 7) is -2.61. The summed E-state index contributed by atoms with van der Waals surface area (Å²) < 4.78 is 25.1. The standard InChI is InChI=1S/C6H4F2N4/c7-6(8)12-3-11-4-1-9-2-10-5(4)12/h1-3,6H. The van der Waals surface area contributed by atoms with Crippen molar-refractivity contribution in [2.75, 3.05) is 0 Å². The Bertz CT molecular complexity index is 397. The molecule has 0 atom stereocenters. The quantitative estimate of drug-likeness (QED) is 0.646. The molecular formula is C6H4F2N4. The number of hydrogen-bond donors (Lipinski definition) is 0. The smallest absolute Gasteiger partial charge is 0.257 e. The first-order valence-electron chi connectivity index (χ1n) is 3.20. The molecule has 0 saturated heterocycles. The minimum absolute atomic E-state index is 0.153. The zero-order chi connectivity index (χ0) is 8.55. The lowest BCUT2D eigenvalue weighted by atomic mass is 10.6. The molecule has 2 aromatic heterocycles. The molecule has 2 heterocycles. The zero-order valence-corrected chi connectivity index (χ0v) is 5.85. The van der Waals surface area contributed by atoms with Gasteiger partial charge in [-0.25, -0.2) is 15.0 Å². The van der Waals surface area contributed by atoms with E-state index in [1.807, 2.05) is 0 Å². The number of rotatable bonds is 1. The van der Waals surface area contributed by atoms with Crippen LogP contribution in [0.2, 0.25) is 0 Å². The van der Waals surface area contributed by atoms with Crippen LogP contribution >= 0.6 is 0 Å². The van der Waals surface area contributed by atoms with Gasteiger partial charge in [0.2, 0.25) is 0 Å². The number of nitrogens with zero attached hydrogens (tertiary/aromatic N) is 4. The summed E-state index contributed by atoms with van der Waals surface area (Å²) in [5.74, 6) is 0. The summed E-state index contributed by atoms with van der Waals surface area (Å²) >= 11 is 0. The number of aromatic nitrogens is 4. The van der Waals surface area contributed by atoms with Crippen LogP contribution in [0.4, 0.5) is 8.78 Å². The Balaban J connectivity index is 2.70. The van der Waals surface area contributed by atoms with Crippen molar-refractivity contribution in [1.29, 1.82) is 0 Å². The van der Waals surface area contributed by atoms with Gasteiger partial charge in [0.15, 0.2) is 5.65 Å². The fraction of sp³-hybridized carbons (Fsp3) is 0.167. The second-order valence-corrected chi connectivity index (χ2v) is 2.16. The Morgan fingerprint density at radius 3 is 2.92 bits per heavy atom. The lowest BCUT2D eigenvalue weighted by molar-refractivity contribution is 0.0740. The molecule has 2 rings (SSSR count). The average molecular weight is 170 g/mol. The van der Waals surface area contributed by atoms with Crippen molar-refractivity contribution in [3.63, 3.8) is 0 Å². The van der Waals surface area contributed by atoms with E-state index < -0.39 is 6.55 Å². The summed E-state index contributed by atoms with van der Waals surface area (Å²) in [6, 6.07) is 0. The summed E-state index contributed by atoms with van der Waals surface area (Å²) in [4.78, 5) is 11.0. The van der Waals surface area contributed by atoms with Gasteiger partial charge >= 0.3 is 6.55 Å². The first-order chi connectivity index (χ1) is 5.79. The third-order valence-corrected chi connectivity index (χ3v) is 1.45. The summed E-state index contributed by atoms with van der Waals surface area (Å²) in [7, 11) is 0. The van der Waals surface area contributed by atoms with Crippen LogP contribution in [0.25, 0.3) is 11.2 Å². The molecule has 6 heteroatoms. The van der Waals surface area contributed by atoms with Crippen LogP contribution in [0.3, 0.4) is 0 Å². The predicted octanol–water partition coefficient (Wildman–Crippen LogP) is 1.22. The van der Waals surface area contributed by atoms with Gasteiger partial charge in [0, 0.05) is 0 Å². The van der Waals surface area contributed by atoms with Crippen LogP contribution in [-0.2, 0) is 0 Å². The SMILES string of the molecule is FC(F)n1cnc2cncnc21. The van der Waals surface area contributed by atoms with Gasteiger partial charge in [-0.1, -0.05) is 0 Å². The molecule has 0 bridgehead atoms. The molecule has 0 amide bonds. The van der Waals surface area contributed by atoms with Crippen LogP contribution < -0.4 is 0 Å². The number of alkyl halides is 2. The molecular weight excluding hydrogens is 166 g/mol. The average Bonchev–Trinajstić information content (AvgIpc) is 2.47. The van der Waals surface area contributed by atoms with E-state index in [1.54, 1.807) is 0 Å². The summed E-state index contributed by atoms with van der Waals surface area (Å²) in [5.41, 5.74) is 0.526. The lowest BCUT2D eigenvalue weighted by Gasteiger charge is -1.98. The molecule has 0 spiro atoms. The Morgan fingerprint density at radius 2 is 2.17 bits per heavy atom. The molecule has 0 fully saturated rings. The van der Waals surface area contributed by atoms with Gasteiger partial charge < -0.3 is 0 Å². The number of halogens is 2. The molecule has 62 valence electrons. The maximum absolute atomic E-state index is 12.2. The highest BCUT2D eigenvalue weighted by Crippen LogP contribution is 2.15. The van der Waals surface area contributed by atoms with Crippen LogP contribution in [-0.4, -0.2) is 19.5 Å². The molecule has 12 heavy (non-hydrogen) atoms. The topological polar surface area (TPSA) is 43.6 Å². The fourth-order valence-electron chi connectivity index (χ4n) is 0.928. The Hall–Kier alpha value is -1.59. The fourth-order valence-corrected chi connectivity index (χ4v) is 0.928. The first kappa shape index (κ1) is 7.08. The second kappa shape index (κ2) is 2.47. The van der Waals surface area contributed by atoms with Crippen molar-refractivity contribution in [1.82, 2.24) is 19.5 Å². The van der Waals surface area contributed by atoms with Gasteiger partial charge in [0.1, 0.15) is 18.2 Å². The van der Waals surface area contributed by atoms with Crippen LogP contribution in [0.1, 0.15) is 6.55 Å². The predicted molar refractivity (Wildman–Crippen MR) is 36.6 cm³/mol. The molecule has 0 saturated carbocycles. The van der Waals surface area contributed by atoms with E-state index in [1.165, 1.54) is 12.5 Å². The molecule has 0 N–H and O–H groups in total. The van der Waals surface area contributed by atoms with Crippen molar-refractivity contribution < 1.29 is 8.78 Å². The Kier molecular flexibility index (Phi) is 1.46. The molecule has 0 unspecified atom stereocenters. The summed E-state index contributed by atoms with van der Waals surface area (Å²) in [5, 5.41) is 0. The number of imidazole rings is 1. The number of fused-ring (bicyclic) bond motifs is 1. The van der Waals surface area contributed by atoms with Crippen LogP contribution in [0.5, 0.6) is 0 Å². The second-order valence-electron chi connectivity index (χ2n) is 2.16. The Morgan fingerprint density at radius 1 is 1.33 bits per heavy atom. The molecule has 0 aliphatic heterocycles. The highest BCUT2D eigenvalue weighted by atomic mass is 19.3. The van der Waals surface area contributed by atoms with E-state index >= 15 is 0 Å².